The predicted molar refractivity (Wildman–Crippen MR) is 113 cm³/mol. The maximum atomic E-state index is 12.7. The Morgan fingerprint density at radius 3 is 2.82 bits per heavy atom. The van der Waals surface area contributed by atoms with E-state index in [1.54, 1.807) is 25.6 Å². The maximum absolute atomic E-state index is 12.7. The summed E-state index contributed by atoms with van der Waals surface area (Å²) in [6.45, 7) is 0.917. The quantitative estimate of drug-likeness (QED) is 0.378. The van der Waals surface area contributed by atoms with Gasteiger partial charge in [-0.15, -0.1) is 0 Å². The van der Waals surface area contributed by atoms with Crippen molar-refractivity contribution < 1.29 is 14.4 Å². The molecule has 3 aromatic rings. The molecular weight excluding hydrogens is 448 g/mol. The van der Waals surface area contributed by atoms with Gasteiger partial charge >= 0.3 is 0 Å². The molecule has 2 N–H and O–H groups in total. The normalized spacial score (nSPS) is 11.0. The molecular formula is C19H20BrClN4O3. The van der Waals surface area contributed by atoms with Crippen LogP contribution in [0.25, 0.3) is 11.0 Å². The SMILES string of the molecule is COCCCONC(=O)c1cc2c(cc1Nc1ccc(Br)cc1Cl)ncn2C. The number of aryl methyl sites for hydroxylation is 1. The van der Waals surface area contributed by atoms with E-state index in [9.17, 15) is 4.79 Å². The summed E-state index contributed by atoms with van der Waals surface area (Å²) in [6.07, 6.45) is 2.38. The lowest BCUT2D eigenvalue weighted by Gasteiger charge is -2.14. The van der Waals surface area contributed by atoms with Crippen LogP contribution >= 0.6 is 27.5 Å². The van der Waals surface area contributed by atoms with Crippen molar-refractivity contribution in [2.45, 2.75) is 6.42 Å². The van der Waals surface area contributed by atoms with E-state index in [2.05, 4.69) is 31.7 Å². The maximum Gasteiger partial charge on any atom is 0.277 e. The second-order valence-electron chi connectivity index (χ2n) is 6.12. The van der Waals surface area contributed by atoms with Crippen LogP contribution in [0.1, 0.15) is 16.8 Å². The minimum Gasteiger partial charge on any atom is -0.385 e. The molecule has 0 aliphatic carbocycles. The Bertz CT molecular complexity index is 993. The van der Waals surface area contributed by atoms with Crippen molar-refractivity contribution in [3.8, 4) is 0 Å². The molecule has 28 heavy (non-hydrogen) atoms. The molecule has 0 radical (unpaired) electrons. The third kappa shape index (κ3) is 4.82. The Kier molecular flexibility index (Phi) is 6.90. The van der Waals surface area contributed by atoms with E-state index >= 15 is 0 Å². The van der Waals surface area contributed by atoms with Gasteiger partial charge in [0.1, 0.15) is 0 Å². The van der Waals surface area contributed by atoms with Gasteiger partial charge in [0.2, 0.25) is 0 Å². The highest BCUT2D eigenvalue weighted by molar-refractivity contribution is 9.10. The number of ether oxygens (including phenoxy) is 1. The first-order valence-corrected chi connectivity index (χ1v) is 9.75. The third-order valence-corrected chi connectivity index (χ3v) is 4.88. The summed E-state index contributed by atoms with van der Waals surface area (Å²) < 4.78 is 7.68. The second-order valence-corrected chi connectivity index (χ2v) is 7.44. The molecule has 0 aliphatic rings. The Morgan fingerprint density at radius 1 is 1.25 bits per heavy atom. The number of anilines is 2. The molecule has 1 aromatic heterocycles. The molecule has 7 nitrogen and oxygen atoms in total. The fourth-order valence-corrected chi connectivity index (χ4v) is 3.37. The fourth-order valence-electron chi connectivity index (χ4n) is 2.65. The number of fused-ring (bicyclic) bond motifs is 1. The van der Waals surface area contributed by atoms with Crippen molar-refractivity contribution in [1.29, 1.82) is 0 Å². The highest BCUT2D eigenvalue weighted by atomic mass is 79.9. The molecule has 1 heterocycles. The van der Waals surface area contributed by atoms with Gasteiger partial charge in [-0.2, -0.15) is 0 Å². The molecule has 0 atom stereocenters. The molecule has 2 aromatic carbocycles. The number of rotatable bonds is 8. The number of nitrogens with zero attached hydrogens (tertiary/aromatic N) is 2. The van der Waals surface area contributed by atoms with Crippen molar-refractivity contribution in [3.05, 3.63) is 51.7 Å². The molecule has 0 saturated carbocycles. The number of benzene rings is 2. The number of methoxy groups -OCH3 is 1. The van der Waals surface area contributed by atoms with Crippen LogP contribution in [-0.4, -0.2) is 35.8 Å². The number of nitrogens with one attached hydrogen (secondary N) is 2. The van der Waals surface area contributed by atoms with Crippen molar-refractivity contribution in [3.63, 3.8) is 0 Å². The lowest BCUT2D eigenvalue weighted by Crippen LogP contribution is -2.25. The first-order valence-electron chi connectivity index (χ1n) is 8.58. The number of halogens is 2. The lowest BCUT2D eigenvalue weighted by molar-refractivity contribution is 0.0238. The van der Waals surface area contributed by atoms with E-state index in [1.807, 2.05) is 29.8 Å². The van der Waals surface area contributed by atoms with E-state index in [1.165, 1.54) is 0 Å². The molecule has 0 spiro atoms. The first kappa shape index (κ1) is 20.6. The third-order valence-electron chi connectivity index (χ3n) is 4.07. The van der Waals surface area contributed by atoms with Crippen molar-refractivity contribution >= 4 is 55.8 Å². The summed E-state index contributed by atoms with van der Waals surface area (Å²) in [7, 11) is 3.49. The topological polar surface area (TPSA) is 77.4 Å². The van der Waals surface area contributed by atoms with Gasteiger partial charge < -0.3 is 14.6 Å². The number of hydrogen-bond acceptors (Lipinski definition) is 5. The van der Waals surface area contributed by atoms with Gasteiger partial charge in [0.05, 0.1) is 45.9 Å². The molecule has 0 bridgehead atoms. The molecule has 3 rings (SSSR count). The average molecular weight is 468 g/mol. The Morgan fingerprint density at radius 2 is 2.07 bits per heavy atom. The molecule has 0 aliphatic heterocycles. The summed E-state index contributed by atoms with van der Waals surface area (Å²) in [4.78, 5) is 22.3. The first-order chi connectivity index (χ1) is 13.5. The number of carbonyl (C=O) groups excluding carboxylic acids is 1. The van der Waals surface area contributed by atoms with E-state index < -0.39 is 0 Å². The second kappa shape index (κ2) is 9.38. The molecule has 0 saturated heterocycles. The molecule has 0 unspecified atom stereocenters. The smallest absolute Gasteiger partial charge is 0.277 e. The average Bonchev–Trinajstić information content (AvgIpc) is 3.03. The molecule has 1 amide bonds. The van der Waals surface area contributed by atoms with Crippen molar-refractivity contribution in [2.75, 3.05) is 25.6 Å². The van der Waals surface area contributed by atoms with Gasteiger partial charge in [-0.1, -0.05) is 27.5 Å². The summed E-state index contributed by atoms with van der Waals surface area (Å²) in [5, 5.41) is 3.75. The van der Waals surface area contributed by atoms with Gasteiger partial charge in [-0.3, -0.25) is 9.63 Å². The summed E-state index contributed by atoms with van der Waals surface area (Å²) in [5.41, 5.74) is 5.74. The van der Waals surface area contributed by atoms with Gasteiger partial charge in [0.15, 0.2) is 0 Å². The molecule has 0 fully saturated rings. The minimum absolute atomic E-state index is 0.356. The number of hydroxylamine groups is 1. The van der Waals surface area contributed by atoms with E-state index in [0.29, 0.717) is 41.6 Å². The van der Waals surface area contributed by atoms with Crippen LogP contribution in [0.3, 0.4) is 0 Å². The molecule has 148 valence electrons. The summed E-state index contributed by atoms with van der Waals surface area (Å²) >= 11 is 9.70. The summed E-state index contributed by atoms with van der Waals surface area (Å²) in [6, 6.07) is 9.06. The van der Waals surface area contributed by atoms with Gasteiger partial charge in [-0.05, 0) is 36.8 Å². The zero-order chi connectivity index (χ0) is 20.1. The van der Waals surface area contributed by atoms with Gasteiger partial charge in [0.25, 0.3) is 5.91 Å². The summed E-state index contributed by atoms with van der Waals surface area (Å²) in [5.74, 6) is -0.365. The fraction of sp³-hybridized carbons (Fsp3) is 0.263. The van der Waals surface area contributed by atoms with E-state index in [0.717, 1.165) is 15.5 Å². The van der Waals surface area contributed by atoms with E-state index in [4.69, 9.17) is 21.2 Å². The number of imidazole rings is 1. The molecule has 9 heteroatoms. The zero-order valence-electron chi connectivity index (χ0n) is 15.5. The van der Waals surface area contributed by atoms with Crippen LogP contribution in [0, 0.1) is 0 Å². The highest BCUT2D eigenvalue weighted by Crippen LogP contribution is 2.31. The number of aromatic nitrogens is 2. The number of hydrogen-bond donors (Lipinski definition) is 2. The van der Waals surface area contributed by atoms with Crippen LogP contribution < -0.4 is 10.8 Å². The van der Waals surface area contributed by atoms with Crippen LogP contribution in [-0.2, 0) is 16.6 Å². The highest BCUT2D eigenvalue weighted by Gasteiger charge is 2.16. The van der Waals surface area contributed by atoms with Crippen LogP contribution in [0.15, 0.2) is 41.1 Å². The van der Waals surface area contributed by atoms with Crippen molar-refractivity contribution in [2.24, 2.45) is 7.05 Å². The zero-order valence-corrected chi connectivity index (χ0v) is 17.8. The Balaban J connectivity index is 1.89. The number of carbonyl (C=O) groups is 1. The largest absolute Gasteiger partial charge is 0.385 e. The predicted octanol–water partition coefficient (Wildman–Crippen LogP) is 4.43. The van der Waals surface area contributed by atoms with E-state index in [-0.39, 0.29) is 5.91 Å². The standard InChI is InChI=1S/C19H20BrClN4O3/c1-25-11-22-17-10-16(23-15-5-4-12(20)8-14(15)21)13(9-18(17)25)19(26)24-28-7-3-6-27-2/h4-5,8-11,23H,3,6-7H2,1-2H3,(H,24,26). The Hall–Kier alpha value is -2.13. The lowest BCUT2D eigenvalue weighted by atomic mass is 10.1. The van der Waals surface area contributed by atoms with Gasteiger partial charge in [0, 0.05) is 25.2 Å². The number of amides is 1. The van der Waals surface area contributed by atoms with Crippen LogP contribution in [0.4, 0.5) is 11.4 Å². The Labute approximate surface area is 176 Å². The van der Waals surface area contributed by atoms with Crippen molar-refractivity contribution in [1.82, 2.24) is 15.0 Å². The van der Waals surface area contributed by atoms with Crippen LogP contribution in [0.5, 0.6) is 0 Å². The minimum atomic E-state index is -0.365. The monoisotopic (exact) mass is 466 g/mol. The van der Waals surface area contributed by atoms with Gasteiger partial charge in [-0.25, -0.2) is 10.5 Å². The van der Waals surface area contributed by atoms with Crippen LogP contribution in [0.2, 0.25) is 5.02 Å².